The van der Waals surface area contributed by atoms with E-state index in [2.05, 4.69) is 4.98 Å². The third-order valence-electron chi connectivity index (χ3n) is 3.08. The summed E-state index contributed by atoms with van der Waals surface area (Å²) in [6.07, 6.45) is 3.04. The van der Waals surface area contributed by atoms with Crippen LogP contribution in [0, 0.1) is 5.41 Å². The molecule has 0 aliphatic heterocycles. The second kappa shape index (κ2) is 5.55. The van der Waals surface area contributed by atoms with Crippen molar-refractivity contribution in [2.24, 2.45) is 5.41 Å². The van der Waals surface area contributed by atoms with E-state index in [1.807, 2.05) is 20.8 Å². The molecule has 2 rings (SSSR count). The topological polar surface area (TPSA) is 81.4 Å². The first kappa shape index (κ1) is 15.0. The Hall–Kier alpha value is -2.37. The van der Waals surface area contributed by atoms with Crippen LogP contribution in [-0.4, -0.2) is 33.3 Å². The molecular weight excluding hydrogens is 272 g/mol. The largest absolute Gasteiger partial charge is 0.477 e. The lowest BCUT2D eigenvalue weighted by Crippen LogP contribution is -2.20. The van der Waals surface area contributed by atoms with E-state index >= 15 is 0 Å². The average molecular weight is 290 g/mol. The van der Waals surface area contributed by atoms with Gasteiger partial charge in [0.2, 0.25) is 0 Å². The minimum absolute atomic E-state index is 0.0403. The minimum Gasteiger partial charge on any atom is -0.477 e. The summed E-state index contributed by atoms with van der Waals surface area (Å²) in [4.78, 5) is 27.4. The van der Waals surface area contributed by atoms with Crippen molar-refractivity contribution in [3.63, 3.8) is 0 Å². The summed E-state index contributed by atoms with van der Waals surface area (Å²) >= 11 is 0. The Kier molecular flexibility index (Phi) is 3.97. The molecule has 6 nitrogen and oxygen atoms in total. The first-order valence-electron chi connectivity index (χ1n) is 6.65. The van der Waals surface area contributed by atoms with Crippen molar-refractivity contribution in [1.82, 2.24) is 9.55 Å². The van der Waals surface area contributed by atoms with Crippen molar-refractivity contribution in [2.45, 2.75) is 27.2 Å². The number of nitrogens with zero attached hydrogens (tertiary/aromatic N) is 2. The van der Waals surface area contributed by atoms with Crippen LogP contribution in [0.3, 0.4) is 0 Å². The highest BCUT2D eigenvalue weighted by molar-refractivity contribution is 6.00. The zero-order chi connectivity index (χ0) is 15.6. The maximum absolute atomic E-state index is 12.2. The average Bonchev–Trinajstić information content (AvgIpc) is 2.76. The van der Waals surface area contributed by atoms with Crippen molar-refractivity contribution in [1.29, 1.82) is 0 Å². The summed E-state index contributed by atoms with van der Waals surface area (Å²) in [5, 5.41) is 9.81. The fourth-order valence-electron chi connectivity index (χ4n) is 1.92. The molecule has 2 aromatic heterocycles. The zero-order valence-electron chi connectivity index (χ0n) is 12.3. The number of hydrogen-bond donors (Lipinski definition) is 1. The number of aromatic carboxylic acids is 1. The smallest absolute Gasteiger partial charge is 0.419 e. The van der Waals surface area contributed by atoms with Crippen molar-refractivity contribution >= 4 is 23.0 Å². The van der Waals surface area contributed by atoms with Gasteiger partial charge in [-0.3, -0.25) is 4.98 Å². The van der Waals surface area contributed by atoms with E-state index in [9.17, 15) is 14.7 Å². The molecule has 0 spiro atoms. The van der Waals surface area contributed by atoms with Crippen LogP contribution in [-0.2, 0) is 4.74 Å². The van der Waals surface area contributed by atoms with Crippen molar-refractivity contribution in [2.75, 3.05) is 6.61 Å². The molecule has 21 heavy (non-hydrogen) atoms. The Balaban J connectivity index is 2.29. The Bertz CT molecular complexity index is 683. The second-order valence-corrected chi connectivity index (χ2v) is 6.03. The summed E-state index contributed by atoms with van der Waals surface area (Å²) in [5.74, 6) is -1.18. The van der Waals surface area contributed by atoms with Crippen molar-refractivity contribution < 1.29 is 19.4 Å². The number of ether oxygens (including phenoxy) is 1. The fourth-order valence-corrected chi connectivity index (χ4v) is 1.92. The lowest BCUT2D eigenvalue weighted by Gasteiger charge is -2.17. The highest BCUT2D eigenvalue weighted by Crippen LogP contribution is 2.21. The molecule has 0 unspecified atom stereocenters. The van der Waals surface area contributed by atoms with Crippen LogP contribution >= 0.6 is 0 Å². The highest BCUT2D eigenvalue weighted by atomic mass is 16.5. The molecule has 0 atom stereocenters. The number of carboxylic acid groups (broad SMARTS) is 1. The van der Waals surface area contributed by atoms with Crippen LogP contribution < -0.4 is 0 Å². The second-order valence-electron chi connectivity index (χ2n) is 6.03. The number of carboxylic acids is 1. The van der Waals surface area contributed by atoms with Gasteiger partial charge in [0.25, 0.3) is 0 Å². The molecule has 2 heterocycles. The number of carbonyl (C=O) groups is 2. The van der Waals surface area contributed by atoms with Gasteiger partial charge in [0, 0.05) is 17.8 Å². The standard InChI is InChI=1S/C15H18N2O4/c1-15(2,3)5-7-21-14(20)17-11-4-6-16-9-10(11)8-12(17)13(18)19/h4,6,8-9H,5,7H2,1-3H3,(H,18,19). The molecule has 6 heteroatoms. The molecule has 112 valence electrons. The molecule has 0 aliphatic carbocycles. The van der Waals surface area contributed by atoms with Gasteiger partial charge in [-0.25, -0.2) is 14.2 Å². The quantitative estimate of drug-likeness (QED) is 0.939. The summed E-state index contributed by atoms with van der Waals surface area (Å²) in [5.41, 5.74) is 0.389. The van der Waals surface area contributed by atoms with Crippen LogP contribution in [0.1, 0.15) is 37.7 Å². The maximum Gasteiger partial charge on any atom is 0.419 e. The highest BCUT2D eigenvalue weighted by Gasteiger charge is 2.21. The van der Waals surface area contributed by atoms with Gasteiger partial charge in [-0.1, -0.05) is 20.8 Å². The molecule has 0 amide bonds. The van der Waals surface area contributed by atoms with E-state index in [1.165, 1.54) is 18.5 Å². The Morgan fingerprint density at radius 1 is 1.38 bits per heavy atom. The van der Waals surface area contributed by atoms with Crippen molar-refractivity contribution in [3.8, 4) is 0 Å². The summed E-state index contributed by atoms with van der Waals surface area (Å²) in [6.45, 7) is 6.37. The molecule has 1 N–H and O–H groups in total. The predicted molar refractivity (Wildman–Crippen MR) is 77.5 cm³/mol. The SMILES string of the molecule is CC(C)(C)CCOC(=O)n1c(C(=O)O)cc2cnccc21. The van der Waals surface area contributed by atoms with Gasteiger partial charge in [-0.15, -0.1) is 0 Å². The summed E-state index contributed by atoms with van der Waals surface area (Å²) < 4.78 is 6.27. The molecular formula is C15H18N2O4. The number of hydrogen-bond acceptors (Lipinski definition) is 4. The van der Waals surface area contributed by atoms with Crippen molar-refractivity contribution in [3.05, 3.63) is 30.2 Å². The van der Waals surface area contributed by atoms with Gasteiger partial charge in [0.05, 0.1) is 12.1 Å². The van der Waals surface area contributed by atoms with Gasteiger partial charge in [-0.05, 0) is 24.0 Å². The van der Waals surface area contributed by atoms with Gasteiger partial charge >= 0.3 is 12.1 Å². The van der Waals surface area contributed by atoms with Crippen LogP contribution in [0.15, 0.2) is 24.5 Å². The van der Waals surface area contributed by atoms with E-state index in [-0.39, 0.29) is 17.7 Å². The lowest BCUT2D eigenvalue weighted by atomic mass is 9.93. The minimum atomic E-state index is -1.18. The van der Waals surface area contributed by atoms with E-state index < -0.39 is 12.1 Å². The Morgan fingerprint density at radius 2 is 2.10 bits per heavy atom. The zero-order valence-corrected chi connectivity index (χ0v) is 12.3. The number of pyridine rings is 1. The Labute approximate surface area is 122 Å². The molecule has 2 aromatic rings. The number of aromatic nitrogens is 2. The third-order valence-corrected chi connectivity index (χ3v) is 3.08. The normalized spacial score (nSPS) is 11.6. The van der Waals surface area contributed by atoms with E-state index in [0.717, 1.165) is 4.57 Å². The van der Waals surface area contributed by atoms with E-state index in [0.29, 0.717) is 17.3 Å². The van der Waals surface area contributed by atoms with Crippen LogP contribution in [0.2, 0.25) is 0 Å². The van der Waals surface area contributed by atoms with E-state index in [1.54, 1.807) is 6.07 Å². The van der Waals surface area contributed by atoms with Crippen LogP contribution in [0.5, 0.6) is 0 Å². The lowest BCUT2D eigenvalue weighted by molar-refractivity contribution is 0.0680. The van der Waals surface area contributed by atoms with Gasteiger partial charge in [-0.2, -0.15) is 0 Å². The van der Waals surface area contributed by atoms with Gasteiger partial charge in [0.1, 0.15) is 5.69 Å². The Morgan fingerprint density at radius 3 is 2.71 bits per heavy atom. The summed E-state index contributed by atoms with van der Waals surface area (Å²) in [6, 6.07) is 3.00. The number of fused-ring (bicyclic) bond motifs is 1. The van der Waals surface area contributed by atoms with E-state index in [4.69, 9.17) is 4.74 Å². The molecule has 0 fully saturated rings. The predicted octanol–water partition coefficient (Wildman–Crippen LogP) is 3.16. The maximum atomic E-state index is 12.2. The number of carbonyl (C=O) groups excluding carboxylic acids is 1. The summed E-state index contributed by atoms with van der Waals surface area (Å²) in [7, 11) is 0. The number of rotatable bonds is 3. The first-order valence-corrected chi connectivity index (χ1v) is 6.65. The van der Waals surface area contributed by atoms with Gasteiger partial charge in [0.15, 0.2) is 0 Å². The molecule has 0 saturated carbocycles. The van der Waals surface area contributed by atoms with Crippen LogP contribution in [0.25, 0.3) is 10.9 Å². The first-order chi connectivity index (χ1) is 9.79. The molecule has 0 bridgehead atoms. The third kappa shape index (κ3) is 3.39. The molecule has 0 aromatic carbocycles. The fraction of sp³-hybridized carbons (Fsp3) is 0.400. The monoisotopic (exact) mass is 290 g/mol. The molecule has 0 aliphatic rings. The van der Waals surface area contributed by atoms with Gasteiger partial charge < -0.3 is 9.84 Å². The molecule has 0 radical (unpaired) electrons. The molecule has 0 saturated heterocycles. The van der Waals surface area contributed by atoms with Crippen LogP contribution in [0.4, 0.5) is 4.79 Å².